The predicted molar refractivity (Wildman–Crippen MR) is 93.0 cm³/mol. The molecule has 126 valence electrons. The van der Waals surface area contributed by atoms with Crippen LogP contribution in [0.25, 0.3) is 6.08 Å². The zero-order valence-electron chi connectivity index (χ0n) is 13.5. The van der Waals surface area contributed by atoms with Gasteiger partial charge in [0.15, 0.2) is 0 Å². The third-order valence-corrected chi connectivity index (χ3v) is 3.52. The largest absolute Gasteiger partial charge is 0.458 e. The van der Waals surface area contributed by atoms with Gasteiger partial charge in [-0.25, -0.2) is 9.18 Å². The van der Waals surface area contributed by atoms with Gasteiger partial charge in [0.05, 0.1) is 12.7 Å². The Bertz CT molecular complexity index is 872. The van der Waals surface area contributed by atoms with E-state index in [0.717, 1.165) is 11.1 Å². The number of nitrogens with zero attached hydrogens (tertiary/aromatic N) is 2. The van der Waals surface area contributed by atoms with Crippen LogP contribution in [0.5, 0.6) is 0 Å². The van der Waals surface area contributed by atoms with E-state index in [2.05, 4.69) is 5.10 Å². The Morgan fingerprint density at radius 2 is 1.92 bits per heavy atom. The molecule has 0 aliphatic heterocycles. The van der Waals surface area contributed by atoms with Gasteiger partial charge in [-0.1, -0.05) is 42.5 Å². The Morgan fingerprint density at radius 3 is 2.72 bits per heavy atom. The van der Waals surface area contributed by atoms with Gasteiger partial charge < -0.3 is 4.74 Å². The molecule has 0 atom stereocenters. The molecule has 3 rings (SSSR count). The van der Waals surface area contributed by atoms with Gasteiger partial charge in [0.25, 0.3) is 0 Å². The van der Waals surface area contributed by atoms with E-state index in [1.54, 1.807) is 29.1 Å². The standard InChI is InChI=1S/C20H17FN2O2/c21-19-8-4-7-17(11-19)15-25-20(24)10-9-18-12-22-23(14-18)13-16-5-2-1-3-6-16/h1-12,14H,13,15H2/b10-9+. The first kappa shape index (κ1) is 16.6. The maximum Gasteiger partial charge on any atom is 0.331 e. The summed E-state index contributed by atoms with van der Waals surface area (Å²) in [4.78, 5) is 11.7. The molecule has 5 heteroatoms. The quantitative estimate of drug-likeness (QED) is 0.508. The van der Waals surface area contributed by atoms with Crippen molar-refractivity contribution in [3.05, 3.63) is 95.6 Å². The van der Waals surface area contributed by atoms with Crippen LogP contribution in [0.15, 0.2) is 73.1 Å². The number of hydrogen-bond acceptors (Lipinski definition) is 3. The van der Waals surface area contributed by atoms with Crippen molar-refractivity contribution in [1.29, 1.82) is 0 Å². The first-order valence-electron chi connectivity index (χ1n) is 7.85. The van der Waals surface area contributed by atoms with E-state index in [1.807, 2.05) is 36.5 Å². The van der Waals surface area contributed by atoms with Gasteiger partial charge in [0.1, 0.15) is 12.4 Å². The molecule has 0 N–H and O–H groups in total. The topological polar surface area (TPSA) is 44.1 Å². The average Bonchev–Trinajstić information content (AvgIpc) is 3.06. The van der Waals surface area contributed by atoms with Crippen LogP contribution >= 0.6 is 0 Å². The van der Waals surface area contributed by atoms with Gasteiger partial charge in [-0.15, -0.1) is 0 Å². The summed E-state index contributed by atoms with van der Waals surface area (Å²) in [7, 11) is 0. The first-order valence-corrected chi connectivity index (χ1v) is 7.85. The fourth-order valence-corrected chi connectivity index (χ4v) is 2.32. The van der Waals surface area contributed by atoms with Crippen LogP contribution in [0.3, 0.4) is 0 Å². The van der Waals surface area contributed by atoms with Gasteiger partial charge >= 0.3 is 5.97 Å². The number of esters is 1. The Hall–Kier alpha value is -3.21. The highest BCUT2D eigenvalue weighted by Gasteiger charge is 2.01. The van der Waals surface area contributed by atoms with Crippen molar-refractivity contribution in [3.63, 3.8) is 0 Å². The lowest BCUT2D eigenvalue weighted by atomic mass is 10.2. The van der Waals surface area contributed by atoms with Crippen LogP contribution < -0.4 is 0 Å². The van der Waals surface area contributed by atoms with Crippen molar-refractivity contribution in [2.24, 2.45) is 0 Å². The van der Waals surface area contributed by atoms with Gasteiger partial charge in [-0.3, -0.25) is 4.68 Å². The van der Waals surface area contributed by atoms with Crippen molar-refractivity contribution >= 4 is 12.0 Å². The normalized spacial score (nSPS) is 10.9. The van der Waals surface area contributed by atoms with E-state index in [4.69, 9.17) is 4.74 Å². The molecule has 0 spiro atoms. The second-order valence-corrected chi connectivity index (χ2v) is 5.53. The lowest BCUT2D eigenvalue weighted by Crippen LogP contribution is -2.01. The van der Waals surface area contributed by atoms with Crippen molar-refractivity contribution in [3.8, 4) is 0 Å². The molecule has 0 bridgehead atoms. The number of halogens is 1. The lowest BCUT2D eigenvalue weighted by molar-refractivity contribution is -0.138. The molecule has 2 aromatic carbocycles. The number of benzene rings is 2. The molecule has 3 aromatic rings. The summed E-state index contributed by atoms with van der Waals surface area (Å²) < 4.78 is 19.9. The molecule has 1 heterocycles. The molecule has 0 fully saturated rings. The molecule has 0 radical (unpaired) electrons. The molecule has 4 nitrogen and oxygen atoms in total. The molecular formula is C20H17FN2O2. The number of ether oxygens (including phenoxy) is 1. The Labute approximate surface area is 145 Å². The van der Waals surface area contributed by atoms with Crippen LogP contribution in [-0.4, -0.2) is 15.7 Å². The van der Waals surface area contributed by atoms with E-state index < -0.39 is 5.97 Å². The monoisotopic (exact) mass is 336 g/mol. The zero-order valence-corrected chi connectivity index (χ0v) is 13.5. The molecule has 25 heavy (non-hydrogen) atoms. The second kappa shape index (κ2) is 8.06. The highest BCUT2D eigenvalue weighted by molar-refractivity contribution is 5.86. The summed E-state index contributed by atoms with van der Waals surface area (Å²) in [5.41, 5.74) is 2.56. The number of aromatic nitrogens is 2. The van der Waals surface area contributed by atoms with Crippen LogP contribution in [0.4, 0.5) is 4.39 Å². The minimum Gasteiger partial charge on any atom is -0.458 e. The van der Waals surface area contributed by atoms with E-state index >= 15 is 0 Å². The predicted octanol–water partition coefficient (Wildman–Crippen LogP) is 3.83. The third-order valence-electron chi connectivity index (χ3n) is 3.52. The SMILES string of the molecule is O=C(/C=C/c1cnn(Cc2ccccc2)c1)OCc1cccc(F)c1. The Kier molecular flexibility index (Phi) is 5.36. The van der Waals surface area contributed by atoms with E-state index in [1.165, 1.54) is 18.2 Å². The summed E-state index contributed by atoms with van der Waals surface area (Å²) in [6.45, 7) is 0.701. The molecule has 0 unspecified atom stereocenters. The molecule has 0 aliphatic rings. The van der Waals surface area contributed by atoms with Crippen LogP contribution in [-0.2, 0) is 22.7 Å². The number of hydrogen-bond donors (Lipinski definition) is 0. The number of rotatable bonds is 6. The molecule has 0 saturated carbocycles. The molecule has 0 saturated heterocycles. The Morgan fingerprint density at radius 1 is 1.12 bits per heavy atom. The fourth-order valence-electron chi connectivity index (χ4n) is 2.32. The summed E-state index contributed by atoms with van der Waals surface area (Å²) in [6.07, 6.45) is 6.51. The van der Waals surface area contributed by atoms with Crippen molar-refractivity contribution < 1.29 is 13.9 Å². The summed E-state index contributed by atoms with van der Waals surface area (Å²) in [6, 6.07) is 16.0. The molecule has 0 aliphatic carbocycles. The molecular weight excluding hydrogens is 319 g/mol. The fraction of sp³-hybridized carbons (Fsp3) is 0.100. The minimum atomic E-state index is -0.486. The van der Waals surface area contributed by atoms with E-state index in [9.17, 15) is 9.18 Å². The summed E-state index contributed by atoms with van der Waals surface area (Å²) in [5, 5.41) is 4.26. The highest BCUT2D eigenvalue weighted by Crippen LogP contribution is 2.07. The lowest BCUT2D eigenvalue weighted by Gasteiger charge is -2.02. The minimum absolute atomic E-state index is 0.0359. The van der Waals surface area contributed by atoms with Crippen LogP contribution in [0.1, 0.15) is 16.7 Å². The zero-order chi connectivity index (χ0) is 17.5. The first-order chi connectivity index (χ1) is 12.2. The van der Waals surface area contributed by atoms with Crippen molar-refractivity contribution in [1.82, 2.24) is 9.78 Å². The number of carbonyl (C=O) groups is 1. The number of carbonyl (C=O) groups excluding carboxylic acids is 1. The smallest absolute Gasteiger partial charge is 0.331 e. The van der Waals surface area contributed by atoms with Crippen molar-refractivity contribution in [2.75, 3.05) is 0 Å². The molecule has 1 aromatic heterocycles. The maximum atomic E-state index is 13.1. The summed E-state index contributed by atoms with van der Waals surface area (Å²) >= 11 is 0. The maximum absolute atomic E-state index is 13.1. The summed E-state index contributed by atoms with van der Waals surface area (Å²) in [5.74, 6) is -0.838. The van der Waals surface area contributed by atoms with E-state index in [0.29, 0.717) is 12.1 Å². The van der Waals surface area contributed by atoms with Crippen molar-refractivity contribution in [2.45, 2.75) is 13.2 Å². The van der Waals surface area contributed by atoms with Gasteiger partial charge in [0, 0.05) is 17.8 Å². The van der Waals surface area contributed by atoms with Crippen LogP contribution in [0, 0.1) is 5.82 Å². The molecule has 0 amide bonds. The second-order valence-electron chi connectivity index (χ2n) is 5.53. The average molecular weight is 336 g/mol. The van der Waals surface area contributed by atoms with Crippen LogP contribution in [0.2, 0.25) is 0 Å². The third kappa shape index (κ3) is 5.14. The van der Waals surface area contributed by atoms with Gasteiger partial charge in [-0.2, -0.15) is 5.10 Å². The van der Waals surface area contributed by atoms with Gasteiger partial charge in [-0.05, 0) is 29.3 Å². The highest BCUT2D eigenvalue weighted by atomic mass is 19.1. The van der Waals surface area contributed by atoms with Gasteiger partial charge in [0.2, 0.25) is 0 Å². The Balaban J connectivity index is 1.52. The van der Waals surface area contributed by atoms with E-state index in [-0.39, 0.29) is 12.4 Å².